The van der Waals surface area contributed by atoms with Crippen molar-refractivity contribution in [3.05, 3.63) is 83.8 Å². The maximum atomic E-state index is 13.7. The molecule has 0 radical (unpaired) electrons. The van der Waals surface area contributed by atoms with Gasteiger partial charge in [0.2, 0.25) is 11.8 Å². The minimum Gasteiger partial charge on any atom is -0.467 e. The molecule has 0 aliphatic carbocycles. The van der Waals surface area contributed by atoms with E-state index in [0.29, 0.717) is 22.8 Å². The molecule has 0 saturated carbocycles. The number of hydrogen-bond donors (Lipinski definition) is 1. The fraction of sp³-hybridized carbons (Fsp3) is 0.333. The summed E-state index contributed by atoms with van der Waals surface area (Å²) in [6.45, 7) is 4.88. The normalized spacial score (nSPS) is 12.1. The molecular formula is C27H31N5O4. The van der Waals surface area contributed by atoms with Gasteiger partial charge in [-0.3, -0.25) is 9.59 Å². The Balaban J connectivity index is 1.65. The van der Waals surface area contributed by atoms with Crippen molar-refractivity contribution in [2.75, 3.05) is 20.3 Å². The van der Waals surface area contributed by atoms with E-state index in [2.05, 4.69) is 29.5 Å². The zero-order valence-electron chi connectivity index (χ0n) is 20.8. The van der Waals surface area contributed by atoms with Gasteiger partial charge in [-0.15, -0.1) is 5.10 Å². The van der Waals surface area contributed by atoms with Crippen LogP contribution in [0.1, 0.15) is 42.7 Å². The Morgan fingerprint density at radius 2 is 1.81 bits per heavy atom. The molecule has 0 bridgehead atoms. The van der Waals surface area contributed by atoms with Gasteiger partial charge in [-0.2, -0.15) is 0 Å². The van der Waals surface area contributed by atoms with Gasteiger partial charge in [-0.25, -0.2) is 4.68 Å². The van der Waals surface area contributed by atoms with Crippen molar-refractivity contribution in [3.63, 3.8) is 0 Å². The van der Waals surface area contributed by atoms with Crippen LogP contribution < -0.4 is 5.32 Å². The first-order chi connectivity index (χ1) is 17.5. The Morgan fingerprint density at radius 3 is 2.50 bits per heavy atom. The van der Waals surface area contributed by atoms with Crippen LogP contribution in [0.15, 0.2) is 71.3 Å². The number of benzene rings is 2. The molecule has 1 N–H and O–H groups in total. The van der Waals surface area contributed by atoms with Crippen molar-refractivity contribution in [1.82, 2.24) is 25.2 Å². The maximum Gasteiger partial charge on any atom is 0.247 e. The lowest BCUT2D eigenvalue weighted by Gasteiger charge is -2.31. The number of para-hydroxylation sites is 1. The summed E-state index contributed by atoms with van der Waals surface area (Å²) in [5, 5.41) is 11.2. The second kappa shape index (κ2) is 11.6. The third-order valence-electron chi connectivity index (χ3n) is 6.06. The van der Waals surface area contributed by atoms with Crippen LogP contribution in [-0.4, -0.2) is 52.0 Å². The Bertz CT molecular complexity index is 1280. The van der Waals surface area contributed by atoms with Crippen LogP contribution in [0, 0.1) is 0 Å². The molecule has 9 heteroatoms. The molecule has 0 aliphatic rings. The Morgan fingerprint density at radius 1 is 1.06 bits per heavy atom. The van der Waals surface area contributed by atoms with E-state index >= 15 is 0 Å². The van der Waals surface area contributed by atoms with Gasteiger partial charge in [0.15, 0.2) is 0 Å². The largest absolute Gasteiger partial charge is 0.467 e. The third-order valence-corrected chi connectivity index (χ3v) is 6.06. The molecule has 0 spiro atoms. The predicted octanol–water partition coefficient (Wildman–Crippen LogP) is 3.68. The number of carbonyl (C=O) groups is 2. The lowest BCUT2D eigenvalue weighted by molar-refractivity contribution is -0.142. The average Bonchev–Trinajstić information content (AvgIpc) is 3.55. The van der Waals surface area contributed by atoms with Crippen LogP contribution in [0.2, 0.25) is 0 Å². The van der Waals surface area contributed by atoms with Crippen molar-refractivity contribution in [2.45, 2.75) is 38.9 Å². The quantitative estimate of drug-likeness (QED) is 0.345. The fourth-order valence-electron chi connectivity index (χ4n) is 4.06. The number of methoxy groups -OCH3 is 1. The monoisotopic (exact) mass is 489 g/mol. The number of amides is 2. The molecule has 0 saturated heterocycles. The summed E-state index contributed by atoms with van der Waals surface area (Å²) in [4.78, 5) is 28.8. The summed E-state index contributed by atoms with van der Waals surface area (Å²) in [5.41, 5.74) is 3.31. The molecular weight excluding hydrogens is 458 g/mol. The predicted molar refractivity (Wildman–Crippen MR) is 135 cm³/mol. The van der Waals surface area contributed by atoms with E-state index in [1.165, 1.54) is 0 Å². The Kier molecular flexibility index (Phi) is 8.12. The van der Waals surface area contributed by atoms with Crippen LogP contribution in [0.5, 0.6) is 0 Å². The van der Waals surface area contributed by atoms with Gasteiger partial charge in [-0.05, 0) is 41.3 Å². The lowest BCUT2D eigenvalue weighted by atomic mass is 9.97. The molecule has 0 fully saturated rings. The summed E-state index contributed by atoms with van der Waals surface area (Å²) < 4.78 is 12.2. The van der Waals surface area contributed by atoms with E-state index < -0.39 is 6.04 Å². The van der Waals surface area contributed by atoms with Crippen molar-refractivity contribution >= 4 is 22.8 Å². The van der Waals surface area contributed by atoms with Crippen molar-refractivity contribution < 1.29 is 18.7 Å². The molecule has 1 unspecified atom stereocenters. The van der Waals surface area contributed by atoms with Crippen molar-refractivity contribution in [3.8, 4) is 0 Å². The van der Waals surface area contributed by atoms with E-state index in [9.17, 15) is 9.59 Å². The van der Waals surface area contributed by atoms with Crippen LogP contribution in [-0.2, 0) is 27.4 Å². The first-order valence-corrected chi connectivity index (χ1v) is 11.9. The SMILES string of the molecule is COCCN(C(=O)Cn1nnc2ccccc21)C(C(=O)NCc1ccco1)c1ccc(C(C)C)cc1. The lowest BCUT2D eigenvalue weighted by Crippen LogP contribution is -2.46. The number of furan rings is 1. The smallest absolute Gasteiger partial charge is 0.247 e. The van der Waals surface area contributed by atoms with Gasteiger partial charge in [-0.1, -0.05) is 55.5 Å². The summed E-state index contributed by atoms with van der Waals surface area (Å²) in [7, 11) is 1.57. The molecule has 9 nitrogen and oxygen atoms in total. The molecule has 2 aromatic heterocycles. The summed E-state index contributed by atoms with van der Waals surface area (Å²) >= 11 is 0. The molecule has 0 aliphatic heterocycles. The van der Waals surface area contributed by atoms with E-state index in [1.54, 1.807) is 35.1 Å². The number of nitrogens with zero attached hydrogens (tertiary/aromatic N) is 4. The van der Waals surface area contributed by atoms with Gasteiger partial charge < -0.3 is 19.4 Å². The molecule has 1 atom stereocenters. The van der Waals surface area contributed by atoms with Gasteiger partial charge in [0.05, 0.1) is 24.9 Å². The van der Waals surface area contributed by atoms with Crippen LogP contribution >= 0.6 is 0 Å². The second-order valence-corrected chi connectivity index (χ2v) is 8.84. The number of fused-ring (bicyclic) bond motifs is 1. The maximum absolute atomic E-state index is 13.7. The number of hydrogen-bond acceptors (Lipinski definition) is 6. The minimum absolute atomic E-state index is 0.0593. The molecule has 2 amide bonds. The summed E-state index contributed by atoms with van der Waals surface area (Å²) in [6.07, 6.45) is 1.56. The Labute approximate surface area is 210 Å². The molecule has 2 heterocycles. The van der Waals surface area contributed by atoms with Gasteiger partial charge in [0, 0.05) is 13.7 Å². The first kappa shape index (κ1) is 25.1. The number of nitrogens with one attached hydrogen (secondary N) is 1. The second-order valence-electron chi connectivity index (χ2n) is 8.84. The van der Waals surface area contributed by atoms with E-state index in [4.69, 9.17) is 9.15 Å². The van der Waals surface area contributed by atoms with E-state index in [-0.39, 0.29) is 38.1 Å². The standard InChI is InChI=1S/C27H31N5O4/c1-19(2)20-10-12-21(13-11-20)26(27(34)28-17-22-7-6-15-36-22)31(14-16-35-3)25(33)18-32-24-9-5-4-8-23(24)29-30-32/h4-13,15,19,26H,14,16-18H2,1-3H3,(H,28,34). The first-order valence-electron chi connectivity index (χ1n) is 11.9. The average molecular weight is 490 g/mol. The highest BCUT2D eigenvalue weighted by Gasteiger charge is 2.32. The van der Waals surface area contributed by atoms with E-state index in [1.807, 2.05) is 48.5 Å². The number of rotatable bonds is 11. The fourth-order valence-corrected chi connectivity index (χ4v) is 4.06. The molecule has 4 aromatic rings. The Hall–Kier alpha value is -3.98. The molecule has 2 aromatic carbocycles. The molecule has 4 rings (SSSR count). The number of aromatic nitrogens is 3. The van der Waals surface area contributed by atoms with Gasteiger partial charge in [0.1, 0.15) is 23.9 Å². The van der Waals surface area contributed by atoms with Crippen molar-refractivity contribution in [1.29, 1.82) is 0 Å². The van der Waals surface area contributed by atoms with Crippen LogP contribution in [0.25, 0.3) is 11.0 Å². The zero-order valence-corrected chi connectivity index (χ0v) is 20.8. The number of carbonyl (C=O) groups excluding carboxylic acids is 2. The van der Waals surface area contributed by atoms with Crippen molar-refractivity contribution in [2.24, 2.45) is 0 Å². The highest BCUT2D eigenvalue weighted by Crippen LogP contribution is 2.25. The highest BCUT2D eigenvalue weighted by atomic mass is 16.5. The number of ether oxygens (including phenoxy) is 1. The van der Waals surface area contributed by atoms with Crippen LogP contribution in [0.4, 0.5) is 0 Å². The molecule has 188 valence electrons. The molecule has 36 heavy (non-hydrogen) atoms. The topological polar surface area (TPSA) is 102 Å². The van der Waals surface area contributed by atoms with E-state index in [0.717, 1.165) is 11.1 Å². The van der Waals surface area contributed by atoms with Gasteiger partial charge >= 0.3 is 0 Å². The summed E-state index contributed by atoms with van der Waals surface area (Å²) in [5.74, 6) is 0.392. The highest BCUT2D eigenvalue weighted by molar-refractivity contribution is 5.89. The zero-order chi connectivity index (χ0) is 25.5. The minimum atomic E-state index is -0.862. The van der Waals surface area contributed by atoms with Crippen LogP contribution in [0.3, 0.4) is 0 Å². The summed E-state index contributed by atoms with van der Waals surface area (Å²) in [6, 6.07) is 17.9. The van der Waals surface area contributed by atoms with Gasteiger partial charge in [0.25, 0.3) is 0 Å². The third kappa shape index (κ3) is 5.80.